The highest BCUT2D eigenvalue weighted by Crippen LogP contribution is 2.33. The molecule has 0 unspecified atom stereocenters. The highest BCUT2D eigenvalue weighted by molar-refractivity contribution is 6.32. The van der Waals surface area contributed by atoms with Crippen molar-refractivity contribution in [2.45, 2.75) is 13.5 Å². The third-order valence-electron chi connectivity index (χ3n) is 5.88. The Bertz CT molecular complexity index is 1490. The van der Waals surface area contributed by atoms with Crippen LogP contribution >= 0.6 is 0 Å². The van der Waals surface area contributed by atoms with Gasteiger partial charge < -0.3 is 9.84 Å². The maximum atomic E-state index is 13.3. The van der Waals surface area contributed by atoms with Gasteiger partial charge in [-0.15, -0.1) is 0 Å². The van der Waals surface area contributed by atoms with Crippen LogP contribution in [-0.2, 0) is 11.4 Å². The molecule has 0 bridgehead atoms. The number of ether oxygens (including phenoxy) is 1. The lowest BCUT2D eigenvalue weighted by Crippen LogP contribution is -2.21. The lowest BCUT2D eigenvalue weighted by molar-refractivity contribution is -0.114. The number of benzene rings is 4. The molecule has 1 aliphatic rings. The molecular weight excluding hydrogens is 440 g/mol. The number of carbonyl (C=O) groups excluding carboxylic acids is 1. The van der Waals surface area contributed by atoms with Gasteiger partial charge in [0.05, 0.1) is 22.5 Å². The molecular formula is C29H22N2O4. The van der Waals surface area contributed by atoms with Crippen LogP contribution in [0.2, 0.25) is 0 Å². The Morgan fingerprint density at radius 1 is 0.943 bits per heavy atom. The first kappa shape index (κ1) is 22.1. The van der Waals surface area contributed by atoms with E-state index in [9.17, 15) is 9.59 Å². The summed E-state index contributed by atoms with van der Waals surface area (Å²) in [6, 6.07) is 27.7. The Balaban J connectivity index is 1.51. The van der Waals surface area contributed by atoms with Crippen molar-refractivity contribution in [1.82, 2.24) is 0 Å². The van der Waals surface area contributed by atoms with E-state index in [1.54, 1.807) is 24.3 Å². The summed E-state index contributed by atoms with van der Waals surface area (Å²) in [5.74, 6) is -0.544. The normalized spacial score (nSPS) is 14.4. The fraction of sp³-hybridized carbons (Fsp3) is 0.0690. The number of fused-ring (bicyclic) bond motifs is 1. The van der Waals surface area contributed by atoms with Crippen LogP contribution in [0.4, 0.5) is 5.69 Å². The number of hydrogen-bond acceptors (Lipinski definition) is 4. The molecule has 5 rings (SSSR count). The molecule has 6 heteroatoms. The van der Waals surface area contributed by atoms with E-state index in [0.29, 0.717) is 22.7 Å². The van der Waals surface area contributed by atoms with E-state index in [0.717, 1.165) is 21.9 Å². The summed E-state index contributed by atoms with van der Waals surface area (Å²) in [7, 11) is 0. The number of hydrogen-bond donors (Lipinski definition) is 1. The Kier molecular flexibility index (Phi) is 5.85. The zero-order chi connectivity index (χ0) is 24.4. The second kappa shape index (κ2) is 9.27. The van der Waals surface area contributed by atoms with Crippen LogP contribution in [0.1, 0.15) is 28.4 Å². The average Bonchev–Trinajstić information content (AvgIpc) is 3.17. The van der Waals surface area contributed by atoms with Crippen molar-refractivity contribution in [1.29, 1.82) is 0 Å². The first-order valence-corrected chi connectivity index (χ1v) is 11.1. The molecule has 0 atom stereocenters. The van der Waals surface area contributed by atoms with Crippen LogP contribution in [0, 0.1) is 0 Å². The third-order valence-corrected chi connectivity index (χ3v) is 5.88. The molecule has 4 aromatic carbocycles. The molecule has 4 aromatic rings. The highest BCUT2D eigenvalue weighted by atomic mass is 16.5. The second-order valence-corrected chi connectivity index (χ2v) is 8.19. The third kappa shape index (κ3) is 4.42. The van der Waals surface area contributed by atoms with Gasteiger partial charge in [-0.3, -0.25) is 4.79 Å². The predicted octanol–water partition coefficient (Wildman–Crippen LogP) is 5.92. The summed E-state index contributed by atoms with van der Waals surface area (Å²) >= 11 is 0. The smallest absolute Gasteiger partial charge is 0.335 e. The lowest BCUT2D eigenvalue weighted by atomic mass is 9.99. The Labute approximate surface area is 202 Å². The molecule has 172 valence electrons. The molecule has 1 N–H and O–H groups in total. The Morgan fingerprint density at radius 2 is 1.66 bits per heavy atom. The molecule has 1 heterocycles. The molecule has 6 nitrogen and oxygen atoms in total. The minimum Gasteiger partial charge on any atom is -0.488 e. The standard InChI is InChI=1S/C29H22N2O4/c1-19-25(28(32)31(30-19)23-8-3-2-4-9-23)17-26-24-10-6-5-7-21(24)15-16-27(26)35-18-20-11-13-22(14-12-20)29(33)34/h2-17H,18H2,1H3,(H,33,34)/b25-17+. The molecule has 35 heavy (non-hydrogen) atoms. The number of anilines is 1. The van der Waals surface area contributed by atoms with Gasteiger partial charge in [-0.1, -0.05) is 60.7 Å². The molecule has 0 saturated carbocycles. The molecule has 0 radical (unpaired) electrons. The van der Waals surface area contributed by atoms with Crippen molar-refractivity contribution in [2.24, 2.45) is 5.10 Å². The Morgan fingerprint density at radius 3 is 2.40 bits per heavy atom. The fourth-order valence-corrected chi connectivity index (χ4v) is 4.03. The van der Waals surface area contributed by atoms with Gasteiger partial charge >= 0.3 is 5.97 Å². The van der Waals surface area contributed by atoms with Crippen molar-refractivity contribution in [3.05, 3.63) is 113 Å². The number of carbonyl (C=O) groups is 2. The zero-order valence-electron chi connectivity index (χ0n) is 19.0. The van der Waals surface area contributed by atoms with Crippen molar-refractivity contribution >= 4 is 40.1 Å². The minimum absolute atomic E-state index is 0.197. The molecule has 0 saturated heterocycles. The molecule has 0 aliphatic carbocycles. The quantitative estimate of drug-likeness (QED) is 0.361. The van der Waals surface area contributed by atoms with Crippen molar-refractivity contribution in [3.8, 4) is 5.75 Å². The highest BCUT2D eigenvalue weighted by Gasteiger charge is 2.29. The van der Waals surface area contributed by atoms with Crippen molar-refractivity contribution in [2.75, 3.05) is 5.01 Å². The number of hydrazone groups is 1. The molecule has 0 aromatic heterocycles. The number of aromatic carboxylic acids is 1. The monoisotopic (exact) mass is 462 g/mol. The van der Waals surface area contributed by atoms with E-state index in [-0.39, 0.29) is 18.1 Å². The van der Waals surface area contributed by atoms with Gasteiger partial charge in [0.1, 0.15) is 12.4 Å². The number of carboxylic acid groups (broad SMARTS) is 1. The van der Waals surface area contributed by atoms with Gasteiger partial charge in [-0.25, -0.2) is 4.79 Å². The van der Waals surface area contributed by atoms with Crippen LogP contribution in [0.15, 0.2) is 102 Å². The van der Waals surface area contributed by atoms with Crippen LogP contribution in [-0.4, -0.2) is 22.7 Å². The topological polar surface area (TPSA) is 79.2 Å². The van der Waals surface area contributed by atoms with Gasteiger partial charge in [-0.2, -0.15) is 10.1 Å². The van der Waals surface area contributed by atoms with E-state index in [2.05, 4.69) is 5.10 Å². The SMILES string of the molecule is CC1=NN(c2ccccc2)C(=O)/C1=C/c1c(OCc2ccc(C(=O)O)cc2)ccc2ccccc12. The van der Waals surface area contributed by atoms with Gasteiger partial charge in [0.25, 0.3) is 5.91 Å². The van der Waals surface area contributed by atoms with E-state index in [4.69, 9.17) is 9.84 Å². The summed E-state index contributed by atoms with van der Waals surface area (Å²) in [6.07, 6.45) is 1.84. The maximum Gasteiger partial charge on any atom is 0.335 e. The summed E-state index contributed by atoms with van der Waals surface area (Å²) in [6.45, 7) is 2.08. The number of nitrogens with zero attached hydrogens (tertiary/aromatic N) is 2. The van der Waals surface area contributed by atoms with Crippen LogP contribution in [0.5, 0.6) is 5.75 Å². The van der Waals surface area contributed by atoms with Crippen molar-refractivity contribution < 1.29 is 19.4 Å². The summed E-state index contributed by atoms with van der Waals surface area (Å²) in [5, 5.41) is 17.0. The summed E-state index contributed by atoms with van der Waals surface area (Å²) < 4.78 is 6.17. The first-order chi connectivity index (χ1) is 17.0. The fourth-order valence-electron chi connectivity index (χ4n) is 4.03. The number of carboxylic acids is 1. The number of para-hydroxylation sites is 1. The Hall–Kier alpha value is -4.71. The lowest BCUT2D eigenvalue weighted by Gasteiger charge is -2.14. The predicted molar refractivity (Wildman–Crippen MR) is 137 cm³/mol. The molecule has 1 amide bonds. The van der Waals surface area contributed by atoms with E-state index >= 15 is 0 Å². The zero-order valence-corrected chi connectivity index (χ0v) is 19.0. The van der Waals surface area contributed by atoms with Crippen LogP contribution in [0.25, 0.3) is 16.8 Å². The van der Waals surface area contributed by atoms with Crippen molar-refractivity contribution in [3.63, 3.8) is 0 Å². The summed E-state index contributed by atoms with van der Waals surface area (Å²) in [5.41, 5.74) is 3.69. The first-order valence-electron chi connectivity index (χ1n) is 11.1. The van der Waals surface area contributed by atoms with Crippen LogP contribution < -0.4 is 9.75 Å². The molecule has 0 spiro atoms. The van der Waals surface area contributed by atoms with Gasteiger partial charge in [-0.05, 0) is 59.7 Å². The van der Waals surface area contributed by atoms with E-state index < -0.39 is 5.97 Å². The number of rotatable bonds is 6. The second-order valence-electron chi connectivity index (χ2n) is 8.19. The van der Waals surface area contributed by atoms with Gasteiger partial charge in [0, 0.05) is 5.56 Å². The number of amides is 1. The molecule has 1 aliphatic heterocycles. The van der Waals surface area contributed by atoms with Crippen LogP contribution in [0.3, 0.4) is 0 Å². The largest absolute Gasteiger partial charge is 0.488 e. The molecule has 0 fully saturated rings. The van der Waals surface area contributed by atoms with Gasteiger partial charge in [0.15, 0.2) is 0 Å². The van der Waals surface area contributed by atoms with Gasteiger partial charge in [0.2, 0.25) is 0 Å². The summed E-state index contributed by atoms with van der Waals surface area (Å²) in [4.78, 5) is 24.4. The van der Waals surface area contributed by atoms with E-state index in [1.165, 1.54) is 5.01 Å². The average molecular weight is 463 g/mol. The van der Waals surface area contributed by atoms with E-state index in [1.807, 2.05) is 79.7 Å². The minimum atomic E-state index is -0.969. The maximum absolute atomic E-state index is 13.3.